The molecule has 0 aromatic carbocycles. The van der Waals surface area contributed by atoms with Crippen LogP contribution in [0, 0.1) is 5.41 Å². The molecular formula is C8H16N2O6S. The second kappa shape index (κ2) is 5.43. The predicted molar refractivity (Wildman–Crippen MR) is 58.6 cm³/mol. The summed E-state index contributed by atoms with van der Waals surface area (Å²) < 4.78 is 25.6. The number of carbonyl (C=O) groups is 2. The van der Waals surface area contributed by atoms with Crippen molar-refractivity contribution < 1.29 is 28.2 Å². The lowest BCUT2D eigenvalue weighted by atomic mass is 9.87. The second-order valence-electron chi connectivity index (χ2n) is 4.04. The summed E-state index contributed by atoms with van der Waals surface area (Å²) in [6.07, 6.45) is -0.668. The second-order valence-corrected chi connectivity index (χ2v) is 6.01. The third kappa shape index (κ3) is 4.67. The molecule has 0 aromatic heterocycles. The number of nitrogens with one attached hydrogen (secondary N) is 1. The Bertz CT molecular complexity index is 404. The maximum atomic E-state index is 11.4. The normalized spacial score (nSPS) is 15.5. The van der Waals surface area contributed by atoms with Crippen LogP contribution in [0.2, 0.25) is 0 Å². The van der Waals surface area contributed by atoms with Crippen molar-refractivity contribution in [2.24, 2.45) is 5.41 Å². The monoisotopic (exact) mass is 268 g/mol. The van der Waals surface area contributed by atoms with E-state index in [0.29, 0.717) is 0 Å². The average Bonchev–Trinajstić information content (AvgIpc) is 2.13. The van der Waals surface area contributed by atoms with Gasteiger partial charge in [-0.3, -0.25) is 9.59 Å². The van der Waals surface area contributed by atoms with Crippen molar-refractivity contribution in [1.82, 2.24) is 9.03 Å². The zero-order valence-electron chi connectivity index (χ0n) is 9.80. The molecule has 8 nitrogen and oxygen atoms in total. The lowest BCUT2D eigenvalue weighted by molar-refractivity contribution is -0.154. The largest absolute Gasteiger partial charge is 0.481 e. The van der Waals surface area contributed by atoms with Gasteiger partial charge >= 0.3 is 11.9 Å². The molecule has 0 amide bonds. The first-order chi connectivity index (χ1) is 7.51. The van der Waals surface area contributed by atoms with E-state index < -0.39 is 40.5 Å². The summed E-state index contributed by atoms with van der Waals surface area (Å²) in [6, 6.07) is 0. The van der Waals surface area contributed by atoms with Crippen molar-refractivity contribution >= 4 is 22.1 Å². The van der Waals surface area contributed by atoms with Gasteiger partial charge in [0.05, 0.1) is 11.8 Å². The summed E-state index contributed by atoms with van der Waals surface area (Å²) in [4.78, 5) is 21.5. The topological polar surface area (TPSA) is 124 Å². The maximum absolute atomic E-state index is 11.4. The molecule has 0 saturated carbocycles. The third-order valence-corrected chi connectivity index (χ3v) is 3.65. The fourth-order valence-corrected chi connectivity index (χ4v) is 1.69. The molecule has 100 valence electrons. The van der Waals surface area contributed by atoms with Crippen LogP contribution < -0.4 is 4.72 Å². The molecule has 9 heteroatoms. The van der Waals surface area contributed by atoms with Gasteiger partial charge in [0.1, 0.15) is 0 Å². The Balaban J connectivity index is 4.81. The van der Waals surface area contributed by atoms with Crippen LogP contribution in [0.5, 0.6) is 0 Å². The molecule has 0 aromatic rings. The number of hydrogen-bond acceptors (Lipinski definition) is 4. The molecule has 0 aliphatic carbocycles. The van der Waals surface area contributed by atoms with Gasteiger partial charge in [0.2, 0.25) is 0 Å². The average molecular weight is 268 g/mol. The Hall–Kier alpha value is -1.19. The van der Waals surface area contributed by atoms with Gasteiger partial charge in [0.25, 0.3) is 10.2 Å². The molecule has 17 heavy (non-hydrogen) atoms. The zero-order valence-corrected chi connectivity index (χ0v) is 10.6. The first kappa shape index (κ1) is 15.8. The van der Waals surface area contributed by atoms with Crippen LogP contribution in [0.25, 0.3) is 0 Å². The van der Waals surface area contributed by atoms with Crippen LogP contribution in [0.3, 0.4) is 0 Å². The quantitative estimate of drug-likeness (QED) is 0.541. The van der Waals surface area contributed by atoms with Crippen molar-refractivity contribution in [3.8, 4) is 0 Å². The van der Waals surface area contributed by atoms with Gasteiger partial charge in [-0.15, -0.1) is 0 Å². The summed E-state index contributed by atoms with van der Waals surface area (Å²) in [5, 5.41) is 17.5. The lowest BCUT2D eigenvalue weighted by Crippen LogP contribution is -2.45. The molecule has 0 bridgehead atoms. The van der Waals surface area contributed by atoms with Crippen molar-refractivity contribution in [3.05, 3.63) is 0 Å². The van der Waals surface area contributed by atoms with Gasteiger partial charge in [-0.25, -0.2) is 4.72 Å². The highest BCUT2D eigenvalue weighted by Crippen LogP contribution is 2.21. The summed E-state index contributed by atoms with van der Waals surface area (Å²) in [6.45, 7) is 0.677. The van der Waals surface area contributed by atoms with Gasteiger partial charge < -0.3 is 10.2 Å². The van der Waals surface area contributed by atoms with Crippen LogP contribution >= 0.6 is 0 Å². The van der Waals surface area contributed by atoms with Crippen LogP contribution in [0.4, 0.5) is 0 Å². The summed E-state index contributed by atoms with van der Waals surface area (Å²) >= 11 is 0. The van der Waals surface area contributed by atoms with E-state index in [9.17, 15) is 18.0 Å². The van der Waals surface area contributed by atoms with Crippen LogP contribution in [0.15, 0.2) is 0 Å². The highest BCUT2D eigenvalue weighted by molar-refractivity contribution is 7.87. The molecule has 1 atom stereocenters. The number of nitrogens with zero attached hydrogens (tertiary/aromatic N) is 1. The minimum atomic E-state index is -3.77. The first-order valence-electron chi connectivity index (χ1n) is 4.63. The highest BCUT2D eigenvalue weighted by atomic mass is 32.2. The molecule has 0 heterocycles. The summed E-state index contributed by atoms with van der Waals surface area (Å²) in [7, 11) is -1.22. The molecule has 0 aliphatic rings. The molecule has 0 fully saturated rings. The number of carboxylic acid groups (broad SMARTS) is 2. The predicted octanol–water partition coefficient (Wildman–Crippen LogP) is -1.05. The molecule has 0 spiro atoms. The van der Waals surface area contributed by atoms with E-state index in [2.05, 4.69) is 0 Å². The van der Waals surface area contributed by atoms with Crippen molar-refractivity contribution in [1.29, 1.82) is 0 Å². The number of rotatable bonds is 7. The van der Waals surface area contributed by atoms with Crippen molar-refractivity contribution in [2.45, 2.75) is 13.3 Å². The Morgan fingerprint density at radius 2 is 1.76 bits per heavy atom. The minimum Gasteiger partial charge on any atom is -0.481 e. The van der Waals surface area contributed by atoms with Crippen LogP contribution in [-0.2, 0) is 19.8 Å². The van der Waals surface area contributed by atoms with E-state index in [1.165, 1.54) is 21.0 Å². The Labute approximate surface area is 99.4 Å². The minimum absolute atomic E-state index is 0.491. The first-order valence-corrected chi connectivity index (χ1v) is 6.07. The van der Waals surface area contributed by atoms with E-state index in [1.54, 1.807) is 0 Å². The molecule has 0 radical (unpaired) electrons. The van der Waals surface area contributed by atoms with Gasteiger partial charge in [-0.2, -0.15) is 12.7 Å². The molecular weight excluding hydrogens is 252 g/mol. The van der Waals surface area contributed by atoms with Crippen LogP contribution in [0.1, 0.15) is 13.3 Å². The van der Waals surface area contributed by atoms with E-state index in [1.807, 2.05) is 4.72 Å². The number of aliphatic carboxylic acids is 2. The fraction of sp³-hybridized carbons (Fsp3) is 0.750. The summed E-state index contributed by atoms with van der Waals surface area (Å²) in [5.41, 5.74) is -1.69. The van der Waals surface area contributed by atoms with Gasteiger partial charge in [0, 0.05) is 20.6 Å². The Morgan fingerprint density at radius 1 is 1.29 bits per heavy atom. The molecule has 3 N–H and O–H groups in total. The van der Waals surface area contributed by atoms with E-state index >= 15 is 0 Å². The van der Waals surface area contributed by atoms with Crippen molar-refractivity contribution in [3.63, 3.8) is 0 Å². The molecule has 0 rings (SSSR count). The van der Waals surface area contributed by atoms with Crippen molar-refractivity contribution in [2.75, 3.05) is 20.6 Å². The van der Waals surface area contributed by atoms with E-state index in [4.69, 9.17) is 10.2 Å². The standard InChI is InChI=1S/C8H16N2O6S/c1-8(7(13)14,4-6(11)12)5-9-17(15,16)10(2)3/h9H,4-5H2,1-3H3,(H,11,12)(H,13,14). The Kier molecular flexibility index (Phi) is 5.05. The number of carboxylic acids is 2. The highest BCUT2D eigenvalue weighted by Gasteiger charge is 2.37. The fourth-order valence-electron chi connectivity index (χ4n) is 0.927. The third-order valence-electron chi connectivity index (χ3n) is 2.18. The molecule has 0 saturated heterocycles. The SMILES string of the molecule is CN(C)S(=O)(=O)NCC(C)(CC(=O)O)C(=O)O. The molecule has 0 aliphatic heterocycles. The van der Waals surface area contributed by atoms with Gasteiger partial charge in [0.15, 0.2) is 0 Å². The molecule has 1 unspecified atom stereocenters. The number of hydrogen-bond donors (Lipinski definition) is 3. The maximum Gasteiger partial charge on any atom is 0.311 e. The Morgan fingerprint density at radius 3 is 2.06 bits per heavy atom. The van der Waals surface area contributed by atoms with Crippen LogP contribution in [-0.4, -0.2) is 55.5 Å². The summed E-state index contributed by atoms with van der Waals surface area (Å²) in [5.74, 6) is -2.68. The lowest BCUT2D eigenvalue weighted by Gasteiger charge is -2.24. The van der Waals surface area contributed by atoms with Gasteiger partial charge in [-0.05, 0) is 6.92 Å². The van der Waals surface area contributed by atoms with Gasteiger partial charge in [-0.1, -0.05) is 0 Å². The zero-order chi connectivity index (χ0) is 13.9. The van der Waals surface area contributed by atoms with E-state index in [0.717, 1.165) is 4.31 Å². The smallest absolute Gasteiger partial charge is 0.311 e. The van der Waals surface area contributed by atoms with E-state index in [-0.39, 0.29) is 0 Å².